The first-order valence-electron chi connectivity index (χ1n) is 7.47. The molecule has 1 aromatic rings. The third kappa shape index (κ3) is 3.68. The highest BCUT2D eigenvalue weighted by Gasteiger charge is 2.27. The van der Waals surface area contributed by atoms with E-state index in [1.807, 2.05) is 6.92 Å². The lowest BCUT2D eigenvalue weighted by Gasteiger charge is -2.33. The normalized spacial score (nSPS) is 26.1. The van der Waals surface area contributed by atoms with Crippen LogP contribution in [0.2, 0.25) is 0 Å². The minimum atomic E-state index is -0.119. The number of carbonyl (C=O) groups is 1. The number of anilines is 1. The zero-order valence-corrected chi connectivity index (χ0v) is 12.5. The Morgan fingerprint density at radius 1 is 1.30 bits per heavy atom. The van der Waals surface area contributed by atoms with Gasteiger partial charge < -0.3 is 10.6 Å². The second kappa shape index (κ2) is 6.68. The predicted molar refractivity (Wildman–Crippen MR) is 79.6 cm³/mol. The summed E-state index contributed by atoms with van der Waals surface area (Å²) in [5.74, 6) is 1.87. The lowest BCUT2D eigenvalue weighted by molar-refractivity contribution is 0.0894. The fourth-order valence-corrected chi connectivity index (χ4v) is 2.84. The number of amides is 1. The second-order valence-electron chi connectivity index (χ2n) is 5.79. The molecule has 0 aromatic carbocycles. The Morgan fingerprint density at radius 2 is 2.10 bits per heavy atom. The van der Waals surface area contributed by atoms with E-state index in [2.05, 4.69) is 34.4 Å². The molecule has 1 heterocycles. The van der Waals surface area contributed by atoms with Crippen molar-refractivity contribution in [2.45, 2.75) is 46.1 Å². The van der Waals surface area contributed by atoms with Crippen molar-refractivity contribution in [3.05, 3.63) is 18.1 Å². The molecule has 5 heteroatoms. The number of nitrogens with zero attached hydrogens (tertiary/aromatic N) is 2. The van der Waals surface area contributed by atoms with Crippen LogP contribution in [0.5, 0.6) is 0 Å². The highest BCUT2D eigenvalue weighted by Crippen LogP contribution is 2.28. The molecule has 0 radical (unpaired) electrons. The van der Waals surface area contributed by atoms with Crippen LogP contribution < -0.4 is 10.6 Å². The molecule has 0 saturated heterocycles. The summed E-state index contributed by atoms with van der Waals surface area (Å²) in [7, 11) is 0. The molecule has 20 heavy (non-hydrogen) atoms. The van der Waals surface area contributed by atoms with Gasteiger partial charge in [-0.05, 0) is 38.0 Å². The number of hydrogen-bond acceptors (Lipinski definition) is 4. The van der Waals surface area contributed by atoms with Crippen molar-refractivity contribution in [1.29, 1.82) is 0 Å². The van der Waals surface area contributed by atoms with Gasteiger partial charge in [-0.1, -0.05) is 13.8 Å². The lowest BCUT2D eigenvalue weighted by Crippen LogP contribution is -2.42. The first kappa shape index (κ1) is 14.8. The fraction of sp³-hybridized carbons (Fsp3) is 0.667. The molecule has 2 rings (SSSR count). The van der Waals surface area contributed by atoms with Gasteiger partial charge in [0.25, 0.3) is 5.91 Å². The summed E-state index contributed by atoms with van der Waals surface area (Å²) in [6.07, 6.45) is 6.54. The number of aromatic nitrogens is 2. The van der Waals surface area contributed by atoms with Crippen LogP contribution in [-0.4, -0.2) is 28.5 Å². The van der Waals surface area contributed by atoms with Gasteiger partial charge >= 0.3 is 0 Å². The van der Waals surface area contributed by atoms with Crippen LogP contribution in [0.3, 0.4) is 0 Å². The molecule has 1 aliphatic carbocycles. The Labute approximate surface area is 120 Å². The number of carbonyl (C=O) groups excluding carboxylic acids is 1. The van der Waals surface area contributed by atoms with Crippen LogP contribution in [0.25, 0.3) is 0 Å². The first-order chi connectivity index (χ1) is 9.60. The highest BCUT2D eigenvalue weighted by atomic mass is 16.1. The van der Waals surface area contributed by atoms with E-state index < -0.39 is 0 Å². The SMILES string of the molecule is CCNc1cnc(C(=O)NC2CCC(C)CC2C)cn1. The van der Waals surface area contributed by atoms with Crippen molar-refractivity contribution >= 4 is 11.7 Å². The molecule has 0 spiro atoms. The standard InChI is InChI=1S/C15H24N4O/c1-4-16-14-9-17-13(8-18-14)15(20)19-12-6-5-10(2)7-11(12)3/h8-12H,4-7H2,1-3H3,(H,16,18)(H,19,20). The zero-order chi connectivity index (χ0) is 14.5. The molecule has 1 aromatic heterocycles. The predicted octanol–water partition coefficient (Wildman–Crippen LogP) is 2.46. The summed E-state index contributed by atoms with van der Waals surface area (Å²) in [4.78, 5) is 20.5. The van der Waals surface area contributed by atoms with Gasteiger partial charge in [-0.25, -0.2) is 9.97 Å². The molecule has 2 N–H and O–H groups in total. The number of hydrogen-bond donors (Lipinski definition) is 2. The summed E-state index contributed by atoms with van der Waals surface area (Å²) in [5, 5.41) is 6.16. The fourth-order valence-electron chi connectivity index (χ4n) is 2.84. The van der Waals surface area contributed by atoms with Crippen LogP contribution in [-0.2, 0) is 0 Å². The molecule has 0 aliphatic heterocycles. The van der Waals surface area contributed by atoms with Crippen molar-refractivity contribution in [2.75, 3.05) is 11.9 Å². The molecular weight excluding hydrogens is 252 g/mol. The largest absolute Gasteiger partial charge is 0.369 e. The van der Waals surface area contributed by atoms with E-state index in [9.17, 15) is 4.79 Å². The average molecular weight is 276 g/mol. The zero-order valence-electron chi connectivity index (χ0n) is 12.5. The van der Waals surface area contributed by atoms with Gasteiger partial charge in [0.1, 0.15) is 11.5 Å². The molecule has 1 saturated carbocycles. The second-order valence-corrected chi connectivity index (χ2v) is 5.79. The Kier molecular flexibility index (Phi) is 4.93. The Bertz CT molecular complexity index is 446. The van der Waals surface area contributed by atoms with E-state index in [4.69, 9.17) is 0 Å². The molecule has 0 bridgehead atoms. The van der Waals surface area contributed by atoms with Crippen molar-refractivity contribution in [1.82, 2.24) is 15.3 Å². The van der Waals surface area contributed by atoms with Crippen LogP contribution in [0.4, 0.5) is 5.82 Å². The van der Waals surface area contributed by atoms with Gasteiger partial charge in [-0.3, -0.25) is 4.79 Å². The molecule has 1 fully saturated rings. The van der Waals surface area contributed by atoms with Gasteiger partial charge in [0.2, 0.25) is 0 Å². The Balaban J connectivity index is 1.94. The van der Waals surface area contributed by atoms with Crippen LogP contribution in [0.15, 0.2) is 12.4 Å². The summed E-state index contributed by atoms with van der Waals surface area (Å²) in [6, 6.07) is 0.258. The molecule has 1 aliphatic rings. The minimum Gasteiger partial charge on any atom is -0.369 e. The molecule has 5 nitrogen and oxygen atoms in total. The van der Waals surface area contributed by atoms with E-state index in [0.29, 0.717) is 17.4 Å². The molecule has 3 atom stereocenters. The van der Waals surface area contributed by atoms with E-state index >= 15 is 0 Å². The molecule has 1 amide bonds. The third-order valence-corrected chi connectivity index (χ3v) is 3.99. The Morgan fingerprint density at radius 3 is 2.70 bits per heavy atom. The highest BCUT2D eigenvalue weighted by molar-refractivity contribution is 5.92. The van der Waals surface area contributed by atoms with Crippen molar-refractivity contribution < 1.29 is 4.79 Å². The van der Waals surface area contributed by atoms with Gasteiger partial charge in [-0.15, -0.1) is 0 Å². The summed E-state index contributed by atoms with van der Waals surface area (Å²) in [5.41, 5.74) is 0.387. The van der Waals surface area contributed by atoms with Crippen LogP contribution in [0, 0.1) is 11.8 Å². The van der Waals surface area contributed by atoms with Gasteiger partial charge in [0, 0.05) is 12.6 Å². The maximum absolute atomic E-state index is 12.2. The van der Waals surface area contributed by atoms with Crippen molar-refractivity contribution in [2.24, 2.45) is 11.8 Å². The van der Waals surface area contributed by atoms with Gasteiger partial charge in [-0.2, -0.15) is 0 Å². The minimum absolute atomic E-state index is 0.119. The Hall–Kier alpha value is -1.65. The topological polar surface area (TPSA) is 66.9 Å². The monoisotopic (exact) mass is 276 g/mol. The first-order valence-corrected chi connectivity index (χ1v) is 7.47. The average Bonchev–Trinajstić information content (AvgIpc) is 2.43. The maximum Gasteiger partial charge on any atom is 0.271 e. The van der Waals surface area contributed by atoms with Gasteiger partial charge in [0.15, 0.2) is 0 Å². The molecular formula is C15H24N4O. The quantitative estimate of drug-likeness (QED) is 0.886. The maximum atomic E-state index is 12.2. The van der Waals surface area contributed by atoms with E-state index in [0.717, 1.165) is 18.9 Å². The van der Waals surface area contributed by atoms with Crippen LogP contribution in [0.1, 0.15) is 50.5 Å². The van der Waals surface area contributed by atoms with Gasteiger partial charge in [0.05, 0.1) is 12.4 Å². The van der Waals surface area contributed by atoms with Crippen molar-refractivity contribution in [3.63, 3.8) is 0 Å². The summed E-state index contributed by atoms with van der Waals surface area (Å²) < 4.78 is 0. The number of nitrogens with one attached hydrogen (secondary N) is 2. The van der Waals surface area contributed by atoms with Crippen LogP contribution >= 0.6 is 0 Å². The van der Waals surface area contributed by atoms with E-state index in [-0.39, 0.29) is 11.9 Å². The van der Waals surface area contributed by atoms with Crippen molar-refractivity contribution in [3.8, 4) is 0 Å². The lowest BCUT2D eigenvalue weighted by atomic mass is 9.80. The number of rotatable bonds is 4. The summed E-state index contributed by atoms with van der Waals surface area (Å²) >= 11 is 0. The smallest absolute Gasteiger partial charge is 0.271 e. The summed E-state index contributed by atoms with van der Waals surface area (Å²) in [6.45, 7) is 7.27. The van der Waals surface area contributed by atoms with E-state index in [1.54, 1.807) is 6.20 Å². The van der Waals surface area contributed by atoms with E-state index in [1.165, 1.54) is 19.0 Å². The molecule has 3 unspecified atom stereocenters. The molecule has 110 valence electrons. The third-order valence-electron chi connectivity index (χ3n) is 3.99.